The molecule has 0 aromatic rings. The van der Waals surface area contributed by atoms with Crippen LogP contribution in [0, 0.1) is 0 Å². The first kappa shape index (κ1) is 27.3. The number of hydrogen-bond donors (Lipinski definition) is 2. The second kappa shape index (κ2) is 17.8. The van der Waals surface area contributed by atoms with Crippen LogP contribution < -0.4 is 5.73 Å². The lowest BCUT2D eigenvalue weighted by Crippen LogP contribution is -2.65. The molecule has 0 radical (unpaired) electrons. The van der Waals surface area contributed by atoms with E-state index in [1.165, 1.54) is 0 Å². The molecule has 1 heterocycles. The molecule has 0 saturated carbocycles. The Morgan fingerprint density at radius 3 is 2.12 bits per heavy atom. The quantitative estimate of drug-likeness (QED) is 0.333. The number of thioether (sulfide) groups is 1. The molecule has 0 aliphatic carbocycles. The second-order valence-corrected chi connectivity index (χ2v) is 5.94. The van der Waals surface area contributed by atoms with E-state index in [4.69, 9.17) is 15.6 Å². The van der Waals surface area contributed by atoms with Crippen LogP contribution in [0.5, 0.6) is 0 Å². The molecule has 2 atom stereocenters. The molecule has 8 heteroatoms. The fourth-order valence-electron chi connectivity index (χ4n) is 1.28. The van der Waals surface area contributed by atoms with Crippen molar-refractivity contribution < 1.29 is 24.2 Å². The highest BCUT2D eigenvalue weighted by Crippen LogP contribution is 2.26. The van der Waals surface area contributed by atoms with Gasteiger partial charge in [-0.25, -0.2) is 0 Å². The number of carbonyl (C=O) groups excluding carboxylic acids is 2. The molecule has 1 amide bonds. The van der Waals surface area contributed by atoms with Gasteiger partial charge < -0.3 is 20.5 Å². The number of carboxylic acid groups (broad SMARTS) is 1. The average Bonchev–Trinajstić information content (AvgIpc) is 2.53. The zero-order valence-corrected chi connectivity index (χ0v) is 16.6. The summed E-state index contributed by atoms with van der Waals surface area (Å²) in [5.74, 6) is 0.238. The van der Waals surface area contributed by atoms with Gasteiger partial charge in [0, 0.05) is 14.0 Å². The lowest BCUT2D eigenvalue weighted by molar-refractivity contribution is -0.142. The largest absolute Gasteiger partial charge is 0.481 e. The van der Waals surface area contributed by atoms with Gasteiger partial charge in [-0.2, -0.15) is 0 Å². The highest BCUT2D eigenvalue weighted by atomic mass is 32.2. The molecule has 0 spiro atoms. The molecule has 0 aromatic carbocycles. The fourth-order valence-corrected chi connectivity index (χ4v) is 2.27. The summed E-state index contributed by atoms with van der Waals surface area (Å²) in [6.07, 6.45) is 1.84. The van der Waals surface area contributed by atoms with Crippen LogP contribution in [0.2, 0.25) is 0 Å². The Morgan fingerprint density at radius 1 is 1.38 bits per heavy atom. The Balaban J connectivity index is -0.000000283. The number of β-lactam (4-membered cyclic amide) rings is 1. The Labute approximate surface area is 149 Å². The van der Waals surface area contributed by atoms with E-state index < -0.39 is 5.97 Å². The van der Waals surface area contributed by atoms with Gasteiger partial charge >= 0.3 is 0 Å². The van der Waals surface area contributed by atoms with Gasteiger partial charge in [0.2, 0.25) is 5.91 Å². The second-order valence-electron chi connectivity index (χ2n) is 4.55. The topological polar surface area (TPSA) is 110 Å². The van der Waals surface area contributed by atoms with Gasteiger partial charge in [0.15, 0.2) is 0 Å². The standard InChI is InChI=1S/C6H12N2OS.C6H10O2.C2H4O2.C2H6/c1-3-10-6-4(7)5(9)8(6)2;1-6(2)3-4-8-5-7;1-2(3)4;1-2/h4,6H,3,7H2,1-2H3;3,5H,4H2,1-2H3;1H3,(H,3,4);1-2H3/t4-,6-;;;/m1.../s1. The monoisotopic (exact) mass is 364 g/mol. The minimum absolute atomic E-state index is 0.0611. The fraction of sp³-hybridized carbons (Fsp3) is 0.688. The van der Waals surface area contributed by atoms with E-state index in [1.807, 2.05) is 33.8 Å². The van der Waals surface area contributed by atoms with Crippen molar-refractivity contribution in [1.29, 1.82) is 0 Å². The number of nitrogens with zero attached hydrogens (tertiary/aromatic N) is 1. The molecule has 0 bridgehead atoms. The Morgan fingerprint density at radius 2 is 1.83 bits per heavy atom. The van der Waals surface area contributed by atoms with Crippen LogP contribution in [-0.4, -0.2) is 59.2 Å². The molecule has 1 saturated heterocycles. The SMILES string of the molecule is CC.CC(=O)O.CC(C)=CCOC=O.CCS[C@@H]1[C@H](N)C(=O)N1C. The number of ether oxygens (including phenoxy) is 1. The van der Waals surface area contributed by atoms with Crippen molar-refractivity contribution in [3.05, 3.63) is 11.6 Å². The molecule has 7 nitrogen and oxygen atoms in total. The van der Waals surface area contributed by atoms with Gasteiger partial charge in [-0.15, -0.1) is 11.8 Å². The summed E-state index contributed by atoms with van der Waals surface area (Å²) in [5.41, 5.74) is 6.69. The first-order chi connectivity index (χ1) is 11.2. The summed E-state index contributed by atoms with van der Waals surface area (Å²) in [6, 6.07) is -0.255. The van der Waals surface area contributed by atoms with E-state index in [9.17, 15) is 9.59 Å². The summed E-state index contributed by atoms with van der Waals surface area (Å²) >= 11 is 1.72. The third kappa shape index (κ3) is 15.4. The zero-order chi connectivity index (χ0) is 19.7. The van der Waals surface area contributed by atoms with Crippen molar-refractivity contribution >= 4 is 30.1 Å². The number of hydrogen-bond acceptors (Lipinski definition) is 6. The number of aliphatic carboxylic acids is 1. The van der Waals surface area contributed by atoms with E-state index in [2.05, 4.69) is 11.7 Å². The van der Waals surface area contributed by atoms with E-state index in [1.54, 1.807) is 23.7 Å². The van der Waals surface area contributed by atoms with Crippen molar-refractivity contribution in [2.24, 2.45) is 5.73 Å². The van der Waals surface area contributed by atoms with Crippen LogP contribution in [0.15, 0.2) is 11.6 Å². The number of carbonyl (C=O) groups is 3. The molecule has 24 heavy (non-hydrogen) atoms. The minimum atomic E-state index is -0.833. The molecule has 1 aliphatic heterocycles. The van der Waals surface area contributed by atoms with Gasteiger partial charge in [0.1, 0.15) is 18.0 Å². The van der Waals surface area contributed by atoms with Crippen molar-refractivity contribution in [1.82, 2.24) is 4.90 Å². The summed E-state index contributed by atoms with van der Waals surface area (Å²) in [5, 5.41) is 7.64. The predicted molar refractivity (Wildman–Crippen MR) is 98.8 cm³/mol. The molecule has 1 rings (SSSR count). The maximum Gasteiger partial charge on any atom is 0.300 e. The van der Waals surface area contributed by atoms with E-state index in [0.29, 0.717) is 13.1 Å². The van der Waals surface area contributed by atoms with E-state index in [0.717, 1.165) is 18.2 Å². The molecular weight excluding hydrogens is 332 g/mol. The highest BCUT2D eigenvalue weighted by Gasteiger charge is 2.41. The van der Waals surface area contributed by atoms with Crippen LogP contribution in [0.25, 0.3) is 0 Å². The summed E-state index contributed by atoms with van der Waals surface area (Å²) in [4.78, 5) is 31.1. The molecule has 1 fully saturated rings. The van der Waals surface area contributed by atoms with Gasteiger partial charge in [-0.05, 0) is 25.7 Å². The molecule has 3 N–H and O–H groups in total. The first-order valence-corrected chi connectivity index (χ1v) is 8.75. The number of allylic oxidation sites excluding steroid dienone is 1. The lowest BCUT2D eigenvalue weighted by Gasteiger charge is -2.42. The van der Waals surface area contributed by atoms with Crippen LogP contribution in [0.4, 0.5) is 0 Å². The number of carboxylic acids is 1. The van der Waals surface area contributed by atoms with Crippen molar-refractivity contribution in [2.45, 2.75) is 53.0 Å². The van der Waals surface area contributed by atoms with Crippen LogP contribution >= 0.6 is 11.8 Å². The first-order valence-electron chi connectivity index (χ1n) is 7.70. The van der Waals surface area contributed by atoms with E-state index >= 15 is 0 Å². The van der Waals surface area contributed by atoms with Crippen LogP contribution in [0.1, 0.15) is 41.5 Å². The van der Waals surface area contributed by atoms with Crippen molar-refractivity contribution in [2.75, 3.05) is 19.4 Å². The van der Waals surface area contributed by atoms with Crippen molar-refractivity contribution in [3.63, 3.8) is 0 Å². The molecule has 0 unspecified atom stereocenters. The summed E-state index contributed by atoms with van der Waals surface area (Å²) in [7, 11) is 1.79. The minimum Gasteiger partial charge on any atom is -0.481 e. The highest BCUT2D eigenvalue weighted by molar-refractivity contribution is 8.00. The third-order valence-corrected chi connectivity index (χ3v) is 3.60. The van der Waals surface area contributed by atoms with E-state index in [-0.39, 0.29) is 17.3 Å². The van der Waals surface area contributed by atoms with Crippen LogP contribution in [0.3, 0.4) is 0 Å². The Hall–Kier alpha value is -1.54. The number of likely N-dealkylation sites (tertiary alicyclic amines) is 1. The molecule has 142 valence electrons. The van der Waals surface area contributed by atoms with Gasteiger partial charge in [0.25, 0.3) is 12.4 Å². The average molecular weight is 365 g/mol. The third-order valence-electron chi connectivity index (χ3n) is 2.31. The van der Waals surface area contributed by atoms with Crippen molar-refractivity contribution in [3.8, 4) is 0 Å². The molecular formula is C16H32N2O5S. The number of rotatable bonds is 5. The number of nitrogens with two attached hydrogens (primary N) is 1. The van der Waals surface area contributed by atoms with Gasteiger partial charge in [-0.3, -0.25) is 14.4 Å². The van der Waals surface area contributed by atoms with Gasteiger partial charge in [-0.1, -0.05) is 26.3 Å². The predicted octanol–water partition coefficient (Wildman–Crippen LogP) is 2.11. The smallest absolute Gasteiger partial charge is 0.300 e. The summed E-state index contributed by atoms with van der Waals surface area (Å²) in [6.45, 7) is 11.9. The molecule has 1 aliphatic rings. The normalized spacial score (nSPS) is 17.3. The lowest BCUT2D eigenvalue weighted by atomic mass is 10.1. The van der Waals surface area contributed by atoms with Crippen LogP contribution in [-0.2, 0) is 19.1 Å². The Kier molecular flexibility index (Phi) is 20.3. The molecule has 0 aromatic heterocycles. The van der Waals surface area contributed by atoms with Gasteiger partial charge in [0.05, 0.1) is 0 Å². The maximum atomic E-state index is 10.8. The zero-order valence-electron chi connectivity index (χ0n) is 15.7. The Bertz CT molecular complexity index is 369. The maximum absolute atomic E-state index is 10.8. The number of amides is 1. The summed E-state index contributed by atoms with van der Waals surface area (Å²) < 4.78 is 4.39. The number of likely N-dealkylation sites (N-methyl/N-ethyl adjacent to an activating group) is 1.